The molecule has 2 heterocycles. The van der Waals surface area contributed by atoms with Crippen LogP contribution in [0.5, 0.6) is 0 Å². The van der Waals surface area contributed by atoms with Crippen molar-refractivity contribution in [3.8, 4) is 0 Å². The number of halogens is 3. The van der Waals surface area contributed by atoms with Crippen molar-refractivity contribution in [2.24, 2.45) is 0 Å². The van der Waals surface area contributed by atoms with Crippen molar-refractivity contribution in [1.29, 1.82) is 0 Å². The maximum Gasteiger partial charge on any atom is 0.416 e. The molecule has 0 saturated heterocycles. The zero-order chi connectivity index (χ0) is 18.0. The van der Waals surface area contributed by atoms with Crippen LogP contribution in [0.2, 0.25) is 0 Å². The number of aryl methyl sites for hydroxylation is 2. The molecule has 0 bridgehead atoms. The molecule has 0 aliphatic carbocycles. The maximum absolute atomic E-state index is 13.1. The van der Waals surface area contributed by atoms with Gasteiger partial charge in [-0.15, -0.1) is 0 Å². The summed E-state index contributed by atoms with van der Waals surface area (Å²) in [7, 11) is 0. The highest BCUT2D eigenvalue weighted by Gasteiger charge is 2.31. The second kappa shape index (κ2) is 7.17. The molecule has 2 aromatic rings. The molecular formula is C18H18F3N3S. The number of alkyl halides is 3. The van der Waals surface area contributed by atoms with E-state index in [0.717, 1.165) is 48.1 Å². The van der Waals surface area contributed by atoms with Gasteiger partial charge in [0.2, 0.25) is 0 Å². The molecule has 3 rings (SSSR count). The fourth-order valence-electron chi connectivity index (χ4n) is 2.75. The third-order valence-electron chi connectivity index (χ3n) is 3.88. The summed E-state index contributed by atoms with van der Waals surface area (Å²) in [5.74, 6) is 0. The van der Waals surface area contributed by atoms with E-state index < -0.39 is 11.7 Å². The Hall–Kier alpha value is -1.86. The fraction of sp³-hybridized carbons (Fsp3) is 0.333. The van der Waals surface area contributed by atoms with E-state index in [-0.39, 0.29) is 0 Å². The van der Waals surface area contributed by atoms with Gasteiger partial charge in [-0.1, -0.05) is 12.1 Å². The van der Waals surface area contributed by atoms with E-state index in [9.17, 15) is 13.2 Å². The topological polar surface area (TPSA) is 37.8 Å². The first-order chi connectivity index (χ1) is 11.8. The summed E-state index contributed by atoms with van der Waals surface area (Å²) in [6.45, 7) is 5.24. The third-order valence-corrected chi connectivity index (χ3v) is 4.80. The third kappa shape index (κ3) is 4.41. The van der Waals surface area contributed by atoms with E-state index in [1.165, 1.54) is 17.8 Å². The predicted octanol–water partition coefficient (Wildman–Crippen LogP) is 4.64. The number of aromatic nitrogens is 2. The van der Waals surface area contributed by atoms with Gasteiger partial charge in [-0.2, -0.15) is 13.2 Å². The molecule has 0 amide bonds. The quantitative estimate of drug-likeness (QED) is 0.804. The first-order valence-corrected chi connectivity index (χ1v) is 8.76. The standard InChI is InChI=1S/C18H18F3N3S/c1-11-9-12(2)24-17(23-11)25-16-10-14(18(19,20)21)3-4-15(16)13-5-7-22-8-6-13/h3-5,9-10,22H,6-8H2,1-2H3. The van der Waals surface area contributed by atoms with E-state index in [4.69, 9.17) is 0 Å². The van der Waals surface area contributed by atoms with Crippen molar-refractivity contribution in [3.05, 3.63) is 52.9 Å². The summed E-state index contributed by atoms with van der Waals surface area (Å²) in [5.41, 5.74) is 2.81. The Bertz CT molecular complexity index is 795. The summed E-state index contributed by atoms with van der Waals surface area (Å²) in [6.07, 6.45) is -1.56. The van der Waals surface area contributed by atoms with E-state index >= 15 is 0 Å². The SMILES string of the molecule is Cc1cc(C)nc(Sc2cc(C(F)(F)F)ccc2C2=CCNCC2)n1. The van der Waals surface area contributed by atoms with Crippen molar-refractivity contribution in [2.45, 2.75) is 36.5 Å². The van der Waals surface area contributed by atoms with Gasteiger partial charge < -0.3 is 5.32 Å². The molecule has 7 heteroatoms. The van der Waals surface area contributed by atoms with Crippen LogP contribution in [0.3, 0.4) is 0 Å². The lowest BCUT2D eigenvalue weighted by molar-refractivity contribution is -0.137. The van der Waals surface area contributed by atoms with Crippen molar-refractivity contribution >= 4 is 17.3 Å². The Kier molecular flexibility index (Phi) is 5.15. The van der Waals surface area contributed by atoms with Crippen LogP contribution < -0.4 is 5.32 Å². The smallest absolute Gasteiger partial charge is 0.313 e. The van der Waals surface area contributed by atoms with Crippen LogP contribution in [0.15, 0.2) is 40.4 Å². The molecular weight excluding hydrogens is 347 g/mol. The highest BCUT2D eigenvalue weighted by molar-refractivity contribution is 7.99. The van der Waals surface area contributed by atoms with Crippen molar-refractivity contribution in [3.63, 3.8) is 0 Å². The number of rotatable bonds is 3. The van der Waals surface area contributed by atoms with Gasteiger partial charge in [0.25, 0.3) is 0 Å². The Morgan fingerprint density at radius 1 is 1.08 bits per heavy atom. The average Bonchev–Trinajstić information content (AvgIpc) is 2.54. The van der Waals surface area contributed by atoms with Crippen LogP contribution >= 0.6 is 11.8 Å². The summed E-state index contributed by atoms with van der Waals surface area (Å²) >= 11 is 1.18. The Balaban J connectivity index is 2.05. The van der Waals surface area contributed by atoms with Gasteiger partial charge in [-0.25, -0.2) is 9.97 Å². The average molecular weight is 365 g/mol. The summed E-state index contributed by atoms with van der Waals surface area (Å²) < 4.78 is 39.4. The molecule has 1 N–H and O–H groups in total. The summed E-state index contributed by atoms with van der Waals surface area (Å²) in [6, 6.07) is 5.74. The molecule has 25 heavy (non-hydrogen) atoms. The number of benzene rings is 1. The zero-order valence-electron chi connectivity index (χ0n) is 13.9. The summed E-state index contributed by atoms with van der Waals surface area (Å²) in [4.78, 5) is 9.23. The Morgan fingerprint density at radius 3 is 2.40 bits per heavy atom. The predicted molar refractivity (Wildman–Crippen MR) is 92.5 cm³/mol. The fourth-order valence-corrected chi connectivity index (χ4v) is 3.82. The lowest BCUT2D eigenvalue weighted by Gasteiger charge is -2.18. The van der Waals surface area contributed by atoms with E-state index in [1.807, 2.05) is 26.0 Å². The lowest BCUT2D eigenvalue weighted by atomic mass is 9.99. The Morgan fingerprint density at radius 2 is 1.80 bits per heavy atom. The van der Waals surface area contributed by atoms with Crippen LogP contribution in [0, 0.1) is 13.8 Å². The number of nitrogens with zero attached hydrogens (tertiary/aromatic N) is 2. The van der Waals surface area contributed by atoms with Gasteiger partial charge in [-0.3, -0.25) is 0 Å². The van der Waals surface area contributed by atoms with Crippen molar-refractivity contribution in [2.75, 3.05) is 13.1 Å². The maximum atomic E-state index is 13.1. The molecule has 3 nitrogen and oxygen atoms in total. The highest BCUT2D eigenvalue weighted by atomic mass is 32.2. The van der Waals surface area contributed by atoms with E-state index in [1.54, 1.807) is 6.07 Å². The normalized spacial score (nSPS) is 15.2. The largest absolute Gasteiger partial charge is 0.416 e. The van der Waals surface area contributed by atoms with Gasteiger partial charge in [0.05, 0.1) is 5.56 Å². The van der Waals surface area contributed by atoms with Gasteiger partial charge in [0.1, 0.15) is 0 Å². The molecule has 0 fully saturated rings. The molecule has 132 valence electrons. The van der Waals surface area contributed by atoms with Crippen molar-refractivity contribution in [1.82, 2.24) is 15.3 Å². The highest BCUT2D eigenvalue weighted by Crippen LogP contribution is 2.38. The van der Waals surface area contributed by atoms with Crippen LogP contribution in [-0.2, 0) is 6.18 Å². The van der Waals surface area contributed by atoms with Gasteiger partial charge >= 0.3 is 6.18 Å². The lowest BCUT2D eigenvalue weighted by Crippen LogP contribution is -2.20. The second-order valence-corrected chi connectivity index (χ2v) is 6.94. The first kappa shape index (κ1) is 17.9. The molecule has 0 spiro atoms. The number of hydrogen-bond donors (Lipinski definition) is 1. The molecule has 0 radical (unpaired) electrons. The van der Waals surface area contributed by atoms with Crippen LogP contribution in [-0.4, -0.2) is 23.1 Å². The van der Waals surface area contributed by atoms with Gasteiger partial charge in [-0.05, 0) is 67.9 Å². The Labute approximate surface area is 148 Å². The molecule has 0 unspecified atom stereocenters. The molecule has 1 aromatic heterocycles. The van der Waals surface area contributed by atoms with Crippen LogP contribution in [0.1, 0.15) is 28.9 Å². The van der Waals surface area contributed by atoms with Crippen LogP contribution in [0.4, 0.5) is 13.2 Å². The number of hydrogen-bond acceptors (Lipinski definition) is 4. The van der Waals surface area contributed by atoms with Crippen molar-refractivity contribution < 1.29 is 13.2 Å². The molecule has 1 aliphatic rings. The van der Waals surface area contributed by atoms with Gasteiger partial charge in [0, 0.05) is 22.8 Å². The molecule has 0 saturated carbocycles. The number of nitrogens with one attached hydrogen (secondary N) is 1. The zero-order valence-corrected chi connectivity index (χ0v) is 14.8. The monoisotopic (exact) mass is 365 g/mol. The first-order valence-electron chi connectivity index (χ1n) is 7.94. The van der Waals surface area contributed by atoms with Crippen LogP contribution in [0.25, 0.3) is 5.57 Å². The molecule has 0 atom stereocenters. The minimum absolute atomic E-state index is 0.465. The summed E-state index contributed by atoms with van der Waals surface area (Å²) in [5, 5.41) is 3.68. The molecule has 1 aromatic carbocycles. The van der Waals surface area contributed by atoms with E-state index in [2.05, 4.69) is 15.3 Å². The van der Waals surface area contributed by atoms with Gasteiger partial charge in [0.15, 0.2) is 5.16 Å². The minimum atomic E-state index is -4.38. The second-order valence-electron chi connectivity index (χ2n) is 5.93. The minimum Gasteiger partial charge on any atom is -0.313 e. The molecule has 1 aliphatic heterocycles. The van der Waals surface area contributed by atoms with E-state index in [0.29, 0.717) is 10.1 Å².